The lowest BCUT2D eigenvalue weighted by molar-refractivity contribution is 0.135. The summed E-state index contributed by atoms with van der Waals surface area (Å²) >= 11 is 0. The summed E-state index contributed by atoms with van der Waals surface area (Å²) in [6, 6.07) is 3.21. The van der Waals surface area contributed by atoms with Gasteiger partial charge in [-0.2, -0.15) is 5.26 Å². The third-order valence-corrected chi connectivity index (χ3v) is 1.82. The van der Waals surface area contributed by atoms with Crippen LogP contribution in [0.5, 0.6) is 0 Å². The predicted octanol–water partition coefficient (Wildman–Crippen LogP) is -0.377. The number of anilines is 1. The zero-order chi connectivity index (χ0) is 10.8. The fraction of sp³-hybridized carbons (Fsp3) is 0.250. The van der Waals surface area contributed by atoms with Crippen LogP contribution in [0.3, 0.4) is 0 Å². The normalized spacial score (nSPS) is 19.9. The maximum Gasteiger partial charge on any atom is 0.419 e. The van der Waals surface area contributed by atoms with Crippen LogP contribution in [0.1, 0.15) is 5.69 Å². The zero-order valence-electron chi connectivity index (χ0n) is 7.49. The molecule has 1 fully saturated rings. The van der Waals surface area contributed by atoms with E-state index in [0.717, 1.165) is 4.90 Å². The lowest BCUT2D eigenvalue weighted by Crippen LogP contribution is -2.34. The number of hydrogen-bond donors (Lipinski definition) is 1. The molecule has 1 aromatic rings. The van der Waals surface area contributed by atoms with Gasteiger partial charge >= 0.3 is 6.09 Å². The summed E-state index contributed by atoms with van der Waals surface area (Å²) in [5, 5.41) is 18.0. The third kappa shape index (κ3) is 1.58. The van der Waals surface area contributed by atoms with Crippen molar-refractivity contribution in [2.45, 2.75) is 6.23 Å². The van der Waals surface area contributed by atoms with E-state index < -0.39 is 12.3 Å². The molecule has 1 atom stereocenters. The van der Waals surface area contributed by atoms with Crippen molar-refractivity contribution in [2.75, 3.05) is 11.5 Å². The number of rotatable bonds is 1. The van der Waals surface area contributed by atoms with E-state index in [0.29, 0.717) is 0 Å². The van der Waals surface area contributed by atoms with Gasteiger partial charge in [0.25, 0.3) is 0 Å². The first kappa shape index (κ1) is 9.36. The number of carbonyl (C=O) groups excluding carboxylic acids is 1. The number of amides is 1. The number of hydrogen-bond acceptors (Lipinski definition) is 6. The van der Waals surface area contributed by atoms with E-state index in [1.54, 1.807) is 0 Å². The Bertz CT molecular complexity index is 442. The van der Waals surface area contributed by atoms with Crippen molar-refractivity contribution in [3.63, 3.8) is 0 Å². The van der Waals surface area contributed by atoms with Crippen LogP contribution in [0, 0.1) is 11.3 Å². The molecule has 0 aliphatic carbocycles. The van der Waals surface area contributed by atoms with Crippen molar-refractivity contribution in [3.05, 3.63) is 18.0 Å². The molecule has 1 aliphatic rings. The first-order chi connectivity index (χ1) is 7.22. The first-order valence-corrected chi connectivity index (χ1v) is 4.09. The number of aromatic nitrogens is 2. The molecule has 0 bridgehead atoms. The standard InChI is InChI=1S/C8H6N4O3/c9-3-5-1-2-10-7(11-5)12-6(13)4-15-8(12)14/h1-2,6,13H,4H2/t6-/m1/s1. The number of carbonyl (C=O) groups is 1. The second-order valence-corrected chi connectivity index (χ2v) is 2.78. The number of aliphatic hydroxyl groups excluding tert-OH is 1. The second kappa shape index (κ2) is 3.51. The third-order valence-electron chi connectivity index (χ3n) is 1.82. The van der Waals surface area contributed by atoms with Crippen molar-refractivity contribution in [3.8, 4) is 6.07 Å². The largest absolute Gasteiger partial charge is 0.444 e. The van der Waals surface area contributed by atoms with Gasteiger partial charge in [0.2, 0.25) is 5.95 Å². The van der Waals surface area contributed by atoms with Gasteiger partial charge in [-0.15, -0.1) is 0 Å². The van der Waals surface area contributed by atoms with Gasteiger partial charge in [0.15, 0.2) is 6.23 Å². The van der Waals surface area contributed by atoms with E-state index in [1.165, 1.54) is 12.3 Å². The quantitative estimate of drug-likeness (QED) is 0.672. The number of nitriles is 1. The molecular weight excluding hydrogens is 200 g/mol. The minimum atomic E-state index is -1.11. The van der Waals surface area contributed by atoms with Gasteiger partial charge in [-0.1, -0.05) is 0 Å². The molecular formula is C8H6N4O3. The number of cyclic esters (lactones) is 1. The van der Waals surface area contributed by atoms with Crippen LogP contribution in [-0.4, -0.2) is 34.0 Å². The van der Waals surface area contributed by atoms with Gasteiger partial charge in [-0.05, 0) is 6.07 Å². The van der Waals surface area contributed by atoms with Crippen LogP contribution in [0.15, 0.2) is 12.3 Å². The van der Waals surface area contributed by atoms with Gasteiger partial charge < -0.3 is 9.84 Å². The van der Waals surface area contributed by atoms with E-state index >= 15 is 0 Å². The van der Waals surface area contributed by atoms with Gasteiger partial charge in [-0.3, -0.25) is 0 Å². The number of aliphatic hydroxyl groups is 1. The van der Waals surface area contributed by atoms with Crippen LogP contribution in [-0.2, 0) is 4.74 Å². The first-order valence-electron chi connectivity index (χ1n) is 4.09. The summed E-state index contributed by atoms with van der Waals surface area (Å²) in [5.41, 5.74) is 0.118. The maximum absolute atomic E-state index is 11.2. The molecule has 0 aromatic carbocycles. The summed E-state index contributed by atoms with van der Waals surface area (Å²) < 4.78 is 4.58. The highest BCUT2D eigenvalue weighted by atomic mass is 16.6. The number of ether oxygens (including phenoxy) is 1. The lowest BCUT2D eigenvalue weighted by Gasteiger charge is -2.13. The highest BCUT2D eigenvalue weighted by molar-refractivity contribution is 5.87. The van der Waals surface area contributed by atoms with E-state index in [9.17, 15) is 9.90 Å². The van der Waals surface area contributed by atoms with E-state index in [2.05, 4.69) is 14.7 Å². The summed E-state index contributed by atoms with van der Waals surface area (Å²) in [6.07, 6.45) is -0.497. The molecule has 7 nitrogen and oxygen atoms in total. The Labute approximate surface area is 84.5 Å². The molecule has 1 N–H and O–H groups in total. The summed E-state index contributed by atoms with van der Waals surface area (Å²) in [7, 11) is 0. The Hall–Kier alpha value is -2.20. The van der Waals surface area contributed by atoms with Crippen molar-refractivity contribution < 1.29 is 14.6 Å². The van der Waals surface area contributed by atoms with Crippen molar-refractivity contribution in [1.29, 1.82) is 5.26 Å². The molecule has 15 heavy (non-hydrogen) atoms. The zero-order valence-corrected chi connectivity index (χ0v) is 7.49. The molecule has 7 heteroatoms. The molecule has 1 aromatic heterocycles. The summed E-state index contributed by atoms with van der Waals surface area (Å²) in [5.74, 6) is -0.0379. The molecule has 2 rings (SSSR count). The summed E-state index contributed by atoms with van der Waals surface area (Å²) in [6.45, 7) is -0.126. The highest BCUT2D eigenvalue weighted by Gasteiger charge is 2.34. The molecule has 1 amide bonds. The molecule has 0 saturated carbocycles. The van der Waals surface area contributed by atoms with Gasteiger partial charge in [0, 0.05) is 6.20 Å². The Morgan fingerprint density at radius 2 is 2.53 bits per heavy atom. The Morgan fingerprint density at radius 3 is 3.13 bits per heavy atom. The fourth-order valence-electron chi connectivity index (χ4n) is 1.15. The Balaban J connectivity index is 2.37. The molecule has 2 heterocycles. The van der Waals surface area contributed by atoms with Gasteiger partial charge in [0.05, 0.1) is 0 Å². The van der Waals surface area contributed by atoms with E-state index in [4.69, 9.17) is 5.26 Å². The summed E-state index contributed by atoms with van der Waals surface area (Å²) in [4.78, 5) is 19.6. The van der Waals surface area contributed by atoms with Gasteiger partial charge in [0.1, 0.15) is 18.4 Å². The smallest absolute Gasteiger partial charge is 0.419 e. The van der Waals surface area contributed by atoms with E-state index in [1.807, 2.05) is 6.07 Å². The average Bonchev–Trinajstić information content (AvgIpc) is 2.59. The highest BCUT2D eigenvalue weighted by Crippen LogP contribution is 2.17. The molecule has 1 saturated heterocycles. The Morgan fingerprint density at radius 1 is 1.73 bits per heavy atom. The molecule has 0 radical (unpaired) electrons. The van der Waals surface area contributed by atoms with Crippen LogP contribution in [0.4, 0.5) is 10.7 Å². The molecule has 1 aliphatic heterocycles. The van der Waals surface area contributed by atoms with E-state index in [-0.39, 0.29) is 18.2 Å². The average molecular weight is 206 g/mol. The topological polar surface area (TPSA) is 99.3 Å². The van der Waals surface area contributed by atoms with Crippen LogP contribution in [0.25, 0.3) is 0 Å². The maximum atomic E-state index is 11.2. The van der Waals surface area contributed by atoms with Crippen molar-refractivity contribution >= 4 is 12.0 Å². The monoisotopic (exact) mass is 206 g/mol. The predicted molar refractivity (Wildman–Crippen MR) is 46.6 cm³/mol. The lowest BCUT2D eigenvalue weighted by atomic mass is 10.4. The minimum absolute atomic E-state index is 0.0379. The fourth-order valence-corrected chi connectivity index (χ4v) is 1.15. The Kier molecular flexibility index (Phi) is 2.19. The SMILES string of the molecule is N#Cc1ccnc(N2C(=O)OC[C@H]2O)n1. The molecule has 0 spiro atoms. The minimum Gasteiger partial charge on any atom is -0.444 e. The van der Waals surface area contributed by atoms with Crippen molar-refractivity contribution in [1.82, 2.24) is 9.97 Å². The molecule has 0 unspecified atom stereocenters. The van der Waals surface area contributed by atoms with Gasteiger partial charge in [-0.25, -0.2) is 19.7 Å². The van der Waals surface area contributed by atoms with Crippen LogP contribution in [0.2, 0.25) is 0 Å². The van der Waals surface area contributed by atoms with Crippen LogP contribution < -0.4 is 4.90 Å². The second-order valence-electron chi connectivity index (χ2n) is 2.78. The number of nitrogens with zero attached hydrogens (tertiary/aromatic N) is 4. The van der Waals surface area contributed by atoms with Crippen molar-refractivity contribution in [2.24, 2.45) is 0 Å². The molecule has 76 valence electrons. The van der Waals surface area contributed by atoms with Crippen LogP contribution >= 0.6 is 0 Å².